The first-order valence-corrected chi connectivity index (χ1v) is 17.0. The highest BCUT2D eigenvalue weighted by Crippen LogP contribution is 2.53. The Morgan fingerprint density at radius 1 is 1.25 bits per heavy atom. The number of piperazine rings is 1. The summed E-state index contributed by atoms with van der Waals surface area (Å²) in [6.07, 6.45) is -3.65. The number of ether oxygens (including phenoxy) is 1. The number of halogens is 4. The number of benzene rings is 2. The molecular formula is C33H30F4N6O3S2. The van der Waals surface area contributed by atoms with E-state index in [1.165, 1.54) is 28.5 Å². The Morgan fingerprint density at radius 3 is 2.54 bits per heavy atom. The number of hydrogen-bond donors (Lipinski definition) is 1. The number of anilines is 2. The van der Waals surface area contributed by atoms with Crippen LogP contribution >= 0.6 is 23.1 Å². The topological polar surface area (TPSA) is 103 Å². The average Bonchev–Trinajstić information content (AvgIpc) is 3.30. The second-order valence-electron chi connectivity index (χ2n) is 12.6. The molecule has 0 aliphatic carbocycles. The highest BCUT2D eigenvalue weighted by Gasteiger charge is 2.45. The van der Waals surface area contributed by atoms with Gasteiger partial charge in [-0.25, -0.2) is 9.18 Å². The molecular weight excluding hydrogens is 669 g/mol. The van der Waals surface area contributed by atoms with Crippen LogP contribution in [0.15, 0.2) is 40.5 Å². The summed E-state index contributed by atoms with van der Waals surface area (Å²) in [5.41, 5.74) is -1.93. The van der Waals surface area contributed by atoms with Crippen molar-refractivity contribution in [1.29, 1.82) is 5.26 Å². The lowest BCUT2D eigenvalue weighted by atomic mass is 9.88. The van der Waals surface area contributed by atoms with Gasteiger partial charge in [-0.1, -0.05) is 12.6 Å². The number of fused-ring (bicyclic) bond motifs is 1. The zero-order valence-electron chi connectivity index (χ0n) is 26.2. The Morgan fingerprint density at radius 2 is 1.96 bits per heavy atom. The number of nitrogens with zero attached hydrogens (tertiary/aromatic N) is 5. The lowest BCUT2D eigenvalue weighted by Crippen LogP contribution is -2.58. The van der Waals surface area contributed by atoms with Crippen molar-refractivity contribution in [2.45, 2.75) is 43.5 Å². The van der Waals surface area contributed by atoms with Crippen LogP contribution in [0, 0.1) is 22.6 Å². The molecule has 15 heteroatoms. The van der Waals surface area contributed by atoms with Gasteiger partial charge in [-0.2, -0.15) is 23.4 Å². The van der Waals surface area contributed by atoms with Crippen LogP contribution in [0.2, 0.25) is 0 Å². The normalized spacial score (nSPS) is 20.5. The summed E-state index contributed by atoms with van der Waals surface area (Å²) in [4.78, 5) is 34.6. The van der Waals surface area contributed by atoms with E-state index in [0.29, 0.717) is 29.5 Å². The van der Waals surface area contributed by atoms with Crippen LogP contribution in [0.5, 0.6) is 0 Å². The van der Waals surface area contributed by atoms with Gasteiger partial charge >= 0.3 is 11.9 Å². The van der Waals surface area contributed by atoms with Gasteiger partial charge in [0, 0.05) is 71.2 Å². The van der Waals surface area contributed by atoms with Crippen molar-refractivity contribution in [2.24, 2.45) is 5.41 Å². The van der Waals surface area contributed by atoms with Crippen LogP contribution in [0.1, 0.15) is 25.0 Å². The zero-order chi connectivity index (χ0) is 34.3. The smallest absolute Gasteiger partial charge is 0.380 e. The van der Waals surface area contributed by atoms with E-state index in [2.05, 4.69) is 22.9 Å². The van der Waals surface area contributed by atoms with Gasteiger partial charge in [0.15, 0.2) is 0 Å². The third kappa shape index (κ3) is 4.87. The molecule has 2 fully saturated rings. The van der Waals surface area contributed by atoms with Crippen molar-refractivity contribution >= 4 is 60.8 Å². The van der Waals surface area contributed by atoms with E-state index in [4.69, 9.17) is 4.74 Å². The quantitative estimate of drug-likeness (QED) is 0.202. The molecule has 3 aliphatic rings. The molecule has 2 aromatic heterocycles. The van der Waals surface area contributed by atoms with Crippen LogP contribution in [-0.4, -0.2) is 71.5 Å². The summed E-state index contributed by atoms with van der Waals surface area (Å²) in [5, 5.41) is 13.6. The van der Waals surface area contributed by atoms with Gasteiger partial charge in [0.1, 0.15) is 22.7 Å². The number of carbonyl (C=O) groups is 1. The summed E-state index contributed by atoms with van der Waals surface area (Å²) in [6, 6.07) is 4.80. The van der Waals surface area contributed by atoms with E-state index in [1.54, 1.807) is 16.8 Å². The first-order chi connectivity index (χ1) is 22.8. The standard InChI is InChI=1S/C33H30F4N6O3S2/c1-5-23(44)43-16(2)10-41(11-17(43)3)29-19-8-21(33(35,36)37)25(18-6-7-22(34)27-24(18)20(9-38)30(39-4)48-27)28-26(19)42(31(45)40-29)12-32(15-47-28)13-46-14-32/h5-8,16-17,39H,1,10-15H2,2-4H3/t16-,17+. The van der Waals surface area contributed by atoms with Gasteiger partial charge in [0.25, 0.3) is 0 Å². The number of hydrogen-bond acceptors (Lipinski definition) is 9. The third-order valence-electron chi connectivity index (χ3n) is 9.38. The van der Waals surface area contributed by atoms with Crippen LogP contribution in [0.25, 0.3) is 32.1 Å². The average molecular weight is 699 g/mol. The molecule has 5 heterocycles. The monoisotopic (exact) mass is 698 g/mol. The predicted molar refractivity (Wildman–Crippen MR) is 178 cm³/mol. The van der Waals surface area contributed by atoms with Crippen molar-refractivity contribution in [2.75, 3.05) is 49.3 Å². The fourth-order valence-corrected chi connectivity index (χ4v) is 9.75. The Labute approximate surface area is 280 Å². The van der Waals surface area contributed by atoms with E-state index in [9.17, 15) is 14.9 Å². The minimum atomic E-state index is -4.88. The Kier molecular flexibility index (Phi) is 7.76. The van der Waals surface area contributed by atoms with Gasteiger partial charge in [0.05, 0.1) is 34.6 Å². The van der Waals surface area contributed by atoms with Gasteiger partial charge in [-0.15, -0.1) is 23.1 Å². The van der Waals surface area contributed by atoms with Crippen LogP contribution in [0.3, 0.4) is 0 Å². The Balaban J connectivity index is 1.57. The summed E-state index contributed by atoms with van der Waals surface area (Å²) in [6.45, 7) is 8.55. The number of amides is 1. The van der Waals surface area contributed by atoms with Crippen molar-refractivity contribution in [1.82, 2.24) is 14.5 Å². The molecule has 3 aliphatic heterocycles. The van der Waals surface area contributed by atoms with Gasteiger partial charge in [0.2, 0.25) is 5.91 Å². The molecule has 2 atom stereocenters. The van der Waals surface area contributed by atoms with Gasteiger partial charge in [-0.05, 0) is 37.6 Å². The molecule has 0 saturated carbocycles. The lowest BCUT2D eigenvalue weighted by Gasteiger charge is -2.44. The van der Waals surface area contributed by atoms with Gasteiger partial charge in [-0.3, -0.25) is 9.36 Å². The first-order valence-electron chi connectivity index (χ1n) is 15.2. The number of thiophene rings is 1. The predicted octanol–water partition coefficient (Wildman–Crippen LogP) is 6.08. The fraction of sp³-hybridized carbons (Fsp3) is 0.394. The molecule has 7 rings (SSSR count). The van der Waals surface area contributed by atoms with E-state index in [1.807, 2.05) is 13.8 Å². The number of nitrogens with one attached hydrogen (secondary N) is 1. The number of carbonyl (C=O) groups excluding carboxylic acids is 1. The number of alkyl halides is 3. The number of nitriles is 1. The van der Waals surface area contributed by atoms with E-state index < -0.39 is 28.7 Å². The zero-order valence-corrected chi connectivity index (χ0v) is 27.8. The highest BCUT2D eigenvalue weighted by molar-refractivity contribution is 7.99. The third-order valence-corrected chi connectivity index (χ3v) is 12.0. The molecule has 2 aromatic carbocycles. The van der Waals surface area contributed by atoms with Gasteiger partial charge < -0.3 is 19.9 Å². The molecule has 0 bridgehead atoms. The maximum Gasteiger partial charge on any atom is 0.417 e. The van der Waals surface area contributed by atoms with Crippen molar-refractivity contribution < 1.29 is 27.1 Å². The first kappa shape index (κ1) is 32.4. The van der Waals surface area contributed by atoms with E-state index in [-0.39, 0.29) is 80.5 Å². The fourth-order valence-electron chi connectivity index (χ4n) is 7.28. The van der Waals surface area contributed by atoms with Crippen molar-refractivity contribution in [3.8, 4) is 17.2 Å². The molecule has 4 aromatic rings. The van der Waals surface area contributed by atoms with Crippen LogP contribution in [0.4, 0.5) is 28.4 Å². The van der Waals surface area contributed by atoms with Crippen molar-refractivity contribution in [3.05, 3.63) is 58.3 Å². The molecule has 250 valence electrons. The molecule has 1 spiro atoms. The lowest BCUT2D eigenvalue weighted by molar-refractivity contribution is -0.137. The number of aromatic nitrogens is 2. The van der Waals surface area contributed by atoms with E-state index in [0.717, 1.165) is 23.5 Å². The molecule has 2 saturated heterocycles. The van der Waals surface area contributed by atoms with Crippen LogP contribution < -0.4 is 15.9 Å². The number of rotatable bonds is 4. The largest absolute Gasteiger partial charge is 0.417 e. The number of thioether (sulfide) groups is 1. The molecule has 0 radical (unpaired) electrons. The SMILES string of the molecule is C=CC(=O)N1[C@H](C)CN(c2nc(=O)n3c4c(c(-c5ccc(F)c6sc(NC)c(C#N)c56)c(C(F)(F)F)cc24)SCC2(COC2)C3)C[C@@H]1C. The van der Waals surface area contributed by atoms with Crippen molar-refractivity contribution in [3.63, 3.8) is 0 Å². The Bertz CT molecular complexity index is 2120. The molecule has 1 amide bonds. The maximum absolute atomic E-state index is 15.4. The summed E-state index contributed by atoms with van der Waals surface area (Å²) in [7, 11) is 1.56. The second kappa shape index (κ2) is 11.5. The minimum Gasteiger partial charge on any atom is -0.380 e. The molecule has 9 nitrogen and oxygen atoms in total. The Hall–Kier alpha value is -4.13. The van der Waals surface area contributed by atoms with Crippen LogP contribution in [-0.2, 0) is 22.3 Å². The molecule has 1 N–H and O–H groups in total. The molecule has 0 unspecified atom stereocenters. The second-order valence-corrected chi connectivity index (χ2v) is 14.6. The highest BCUT2D eigenvalue weighted by atomic mass is 32.2. The van der Waals surface area contributed by atoms with E-state index >= 15 is 17.6 Å². The summed E-state index contributed by atoms with van der Waals surface area (Å²) in [5.74, 6) is -0.452. The summed E-state index contributed by atoms with van der Waals surface area (Å²) >= 11 is 2.17. The summed E-state index contributed by atoms with van der Waals surface area (Å²) < 4.78 is 68.4. The molecule has 48 heavy (non-hydrogen) atoms. The minimum absolute atomic E-state index is 0.0395. The maximum atomic E-state index is 15.4.